The molecule has 186 valence electrons. The number of benzene rings is 2. The number of aliphatic hydroxyl groups is 1. The Balaban J connectivity index is 2.49. The highest BCUT2D eigenvalue weighted by Gasteiger charge is 2.54. The SMILES string of the molecule is CC(C)[C@](NC(=O)OCc1ccccc1)(C(c1ccccc1)C(C)(C)C)[C@H](O)COC(=O)NN. The van der Waals surface area contributed by atoms with Crippen LogP contribution in [0, 0.1) is 11.3 Å². The second kappa shape index (κ2) is 11.9. The average Bonchev–Trinajstić information content (AvgIpc) is 2.80. The molecule has 0 aliphatic carbocycles. The van der Waals surface area contributed by atoms with Crippen LogP contribution >= 0.6 is 0 Å². The molecule has 2 amide bonds. The van der Waals surface area contributed by atoms with Gasteiger partial charge >= 0.3 is 12.2 Å². The number of amides is 2. The number of nitrogens with two attached hydrogens (primary N) is 1. The smallest absolute Gasteiger partial charge is 0.421 e. The molecule has 34 heavy (non-hydrogen) atoms. The van der Waals surface area contributed by atoms with Crippen molar-refractivity contribution in [2.24, 2.45) is 17.2 Å². The number of rotatable bonds is 9. The first kappa shape index (κ1) is 27.1. The van der Waals surface area contributed by atoms with Crippen molar-refractivity contribution in [3.63, 3.8) is 0 Å². The van der Waals surface area contributed by atoms with Gasteiger partial charge in [0.05, 0.1) is 5.54 Å². The van der Waals surface area contributed by atoms with Gasteiger partial charge in [0, 0.05) is 5.92 Å². The topological polar surface area (TPSA) is 123 Å². The van der Waals surface area contributed by atoms with Gasteiger partial charge in [-0.25, -0.2) is 15.4 Å². The van der Waals surface area contributed by atoms with E-state index in [1.807, 2.05) is 101 Å². The minimum Gasteiger partial charge on any atom is -0.446 e. The van der Waals surface area contributed by atoms with E-state index in [9.17, 15) is 14.7 Å². The molecule has 0 heterocycles. The quantitative estimate of drug-likeness (QED) is 0.248. The summed E-state index contributed by atoms with van der Waals surface area (Å²) >= 11 is 0. The van der Waals surface area contributed by atoms with Crippen LogP contribution in [0.15, 0.2) is 60.7 Å². The summed E-state index contributed by atoms with van der Waals surface area (Å²) in [6.07, 6.45) is -2.82. The van der Waals surface area contributed by atoms with E-state index < -0.39 is 29.2 Å². The molecule has 0 aliphatic heterocycles. The van der Waals surface area contributed by atoms with Crippen LogP contribution in [0.2, 0.25) is 0 Å². The highest BCUT2D eigenvalue weighted by molar-refractivity contribution is 5.69. The molecule has 5 N–H and O–H groups in total. The zero-order chi connectivity index (χ0) is 25.4. The molecule has 0 bridgehead atoms. The van der Waals surface area contributed by atoms with Crippen LogP contribution in [0.4, 0.5) is 9.59 Å². The molecule has 8 heteroatoms. The van der Waals surface area contributed by atoms with E-state index in [1.165, 1.54) is 0 Å². The average molecular weight is 472 g/mol. The third-order valence-electron chi connectivity index (χ3n) is 6.00. The fourth-order valence-corrected chi connectivity index (χ4v) is 4.62. The van der Waals surface area contributed by atoms with Crippen molar-refractivity contribution in [3.05, 3.63) is 71.8 Å². The Kier molecular flexibility index (Phi) is 9.46. The molecule has 2 rings (SSSR count). The van der Waals surface area contributed by atoms with Crippen molar-refractivity contribution in [2.75, 3.05) is 6.61 Å². The van der Waals surface area contributed by atoms with E-state index in [2.05, 4.69) is 5.32 Å². The predicted molar refractivity (Wildman–Crippen MR) is 131 cm³/mol. The number of alkyl carbamates (subject to hydrolysis) is 1. The number of ether oxygens (including phenoxy) is 2. The number of hydrazine groups is 1. The van der Waals surface area contributed by atoms with E-state index in [-0.39, 0.29) is 25.0 Å². The molecule has 0 aromatic heterocycles. The summed E-state index contributed by atoms with van der Waals surface area (Å²) in [6.45, 7) is 9.64. The highest BCUT2D eigenvalue weighted by atomic mass is 16.6. The number of aliphatic hydroxyl groups excluding tert-OH is 1. The monoisotopic (exact) mass is 471 g/mol. The van der Waals surface area contributed by atoms with Gasteiger partial charge < -0.3 is 19.9 Å². The van der Waals surface area contributed by atoms with Crippen LogP contribution in [0.5, 0.6) is 0 Å². The lowest BCUT2D eigenvalue weighted by molar-refractivity contribution is -0.0470. The fourth-order valence-electron chi connectivity index (χ4n) is 4.62. The molecular formula is C26H37N3O5. The maximum absolute atomic E-state index is 13.1. The first-order chi connectivity index (χ1) is 16.0. The van der Waals surface area contributed by atoms with Gasteiger partial charge in [-0.15, -0.1) is 0 Å². The summed E-state index contributed by atoms with van der Waals surface area (Å²) < 4.78 is 10.6. The third-order valence-corrected chi connectivity index (χ3v) is 6.00. The van der Waals surface area contributed by atoms with Crippen LogP contribution in [-0.4, -0.2) is 35.5 Å². The van der Waals surface area contributed by atoms with E-state index in [4.69, 9.17) is 15.3 Å². The molecule has 2 aromatic rings. The lowest BCUT2D eigenvalue weighted by Crippen LogP contribution is -2.67. The van der Waals surface area contributed by atoms with Gasteiger partial charge in [-0.2, -0.15) is 0 Å². The van der Waals surface area contributed by atoms with Crippen molar-refractivity contribution in [1.82, 2.24) is 10.7 Å². The Labute approximate surface area is 201 Å². The largest absolute Gasteiger partial charge is 0.446 e. The zero-order valence-corrected chi connectivity index (χ0v) is 20.6. The first-order valence-electron chi connectivity index (χ1n) is 11.4. The minimum atomic E-state index is -1.27. The van der Waals surface area contributed by atoms with Gasteiger partial charge in [0.15, 0.2) is 0 Å². The van der Waals surface area contributed by atoms with E-state index in [0.717, 1.165) is 11.1 Å². The van der Waals surface area contributed by atoms with Crippen molar-refractivity contribution >= 4 is 12.2 Å². The Morgan fingerprint density at radius 2 is 1.50 bits per heavy atom. The second-order valence-electron chi connectivity index (χ2n) is 9.74. The molecule has 3 atom stereocenters. The molecule has 0 radical (unpaired) electrons. The summed E-state index contributed by atoms with van der Waals surface area (Å²) in [5.41, 5.74) is 2.00. The van der Waals surface area contributed by atoms with Gasteiger partial charge in [0.2, 0.25) is 0 Å². The predicted octanol–water partition coefficient (Wildman–Crippen LogP) is 4.10. The van der Waals surface area contributed by atoms with Gasteiger partial charge in [-0.05, 0) is 22.5 Å². The third kappa shape index (κ3) is 6.71. The van der Waals surface area contributed by atoms with Crippen LogP contribution in [0.25, 0.3) is 0 Å². The van der Waals surface area contributed by atoms with E-state index in [1.54, 1.807) is 0 Å². The summed E-state index contributed by atoms with van der Waals surface area (Å²) in [7, 11) is 0. The van der Waals surface area contributed by atoms with E-state index in [0.29, 0.717) is 0 Å². The van der Waals surface area contributed by atoms with Crippen molar-refractivity contribution in [3.8, 4) is 0 Å². The lowest BCUT2D eigenvalue weighted by atomic mass is 9.59. The Bertz CT molecular complexity index is 915. The second-order valence-corrected chi connectivity index (χ2v) is 9.74. The first-order valence-corrected chi connectivity index (χ1v) is 11.4. The van der Waals surface area contributed by atoms with Crippen molar-refractivity contribution in [2.45, 2.75) is 58.8 Å². The van der Waals surface area contributed by atoms with E-state index >= 15 is 0 Å². The van der Waals surface area contributed by atoms with Gasteiger partial charge in [0.25, 0.3) is 0 Å². The number of nitrogens with one attached hydrogen (secondary N) is 2. The Hall–Kier alpha value is -3.10. The standard InChI is InChI=1S/C26H37N3O5/c1-18(2)26(21(30)17-34-24(32)29-27,22(25(3,4)5)20-14-10-7-11-15-20)28-23(31)33-16-19-12-8-6-9-13-19/h6-15,18,21-22,30H,16-17,27H2,1-5H3,(H,28,31)(H,29,32)/t21-,22?,26-/m1/s1. The van der Waals surface area contributed by atoms with Crippen LogP contribution in [0.1, 0.15) is 51.7 Å². The molecule has 2 aromatic carbocycles. The zero-order valence-electron chi connectivity index (χ0n) is 20.6. The van der Waals surface area contributed by atoms with Crippen LogP contribution < -0.4 is 16.6 Å². The maximum atomic E-state index is 13.1. The van der Waals surface area contributed by atoms with Gasteiger partial charge in [-0.1, -0.05) is 95.3 Å². The summed E-state index contributed by atoms with van der Waals surface area (Å²) in [4.78, 5) is 24.8. The number of hydrogen-bond donors (Lipinski definition) is 4. The Morgan fingerprint density at radius 3 is 2.00 bits per heavy atom. The van der Waals surface area contributed by atoms with Crippen molar-refractivity contribution in [1.29, 1.82) is 0 Å². The maximum Gasteiger partial charge on any atom is 0.421 e. The molecule has 0 saturated heterocycles. The molecule has 0 aliphatic rings. The summed E-state index contributed by atoms with van der Waals surface area (Å²) in [6, 6.07) is 19.0. The summed E-state index contributed by atoms with van der Waals surface area (Å²) in [5.74, 6) is 4.48. The molecular weight excluding hydrogens is 434 g/mol. The van der Waals surface area contributed by atoms with Crippen LogP contribution in [0.3, 0.4) is 0 Å². The number of hydrogen-bond acceptors (Lipinski definition) is 6. The number of carbonyl (C=O) groups is 2. The molecule has 0 fully saturated rings. The number of carbonyl (C=O) groups excluding carboxylic acids is 2. The minimum absolute atomic E-state index is 0.0779. The molecule has 1 unspecified atom stereocenters. The van der Waals surface area contributed by atoms with Crippen LogP contribution in [-0.2, 0) is 16.1 Å². The van der Waals surface area contributed by atoms with Crippen molar-refractivity contribution < 1.29 is 24.2 Å². The molecule has 0 saturated carbocycles. The highest BCUT2D eigenvalue weighted by Crippen LogP contribution is 2.48. The molecule has 0 spiro atoms. The lowest BCUT2D eigenvalue weighted by Gasteiger charge is -2.52. The van der Waals surface area contributed by atoms with Gasteiger partial charge in [0.1, 0.15) is 19.3 Å². The fraction of sp³-hybridized carbons (Fsp3) is 0.462. The normalized spacial score (nSPS) is 15.1. The molecule has 8 nitrogen and oxygen atoms in total. The van der Waals surface area contributed by atoms with Gasteiger partial charge in [-0.3, -0.25) is 5.43 Å². The Morgan fingerprint density at radius 1 is 0.941 bits per heavy atom. The summed E-state index contributed by atoms with van der Waals surface area (Å²) in [5, 5.41) is 14.5.